The fourth-order valence-electron chi connectivity index (χ4n) is 1.83. The van der Waals surface area contributed by atoms with Crippen molar-refractivity contribution in [1.82, 2.24) is 9.97 Å². The van der Waals surface area contributed by atoms with Crippen molar-refractivity contribution < 1.29 is 4.92 Å². The molecular formula is C13H8BrN3O2S. The number of rotatable bonds is 3. The number of nitrogens with zero attached hydrogens (tertiary/aromatic N) is 2. The van der Waals surface area contributed by atoms with E-state index in [9.17, 15) is 10.1 Å². The second kappa shape index (κ2) is 5.26. The number of aromatic amines is 1. The highest BCUT2D eigenvalue weighted by molar-refractivity contribution is 9.10. The Morgan fingerprint density at radius 1 is 1.30 bits per heavy atom. The Hall–Kier alpha value is -1.86. The van der Waals surface area contributed by atoms with Crippen LogP contribution in [0, 0.1) is 10.1 Å². The molecule has 0 saturated carbocycles. The number of hydrogen-bond acceptors (Lipinski definition) is 4. The van der Waals surface area contributed by atoms with E-state index in [-0.39, 0.29) is 5.69 Å². The highest BCUT2D eigenvalue weighted by atomic mass is 79.9. The molecule has 3 rings (SSSR count). The van der Waals surface area contributed by atoms with Crippen molar-refractivity contribution in [2.45, 2.75) is 10.1 Å². The zero-order chi connectivity index (χ0) is 14.1. The third kappa shape index (κ3) is 2.54. The predicted molar refractivity (Wildman–Crippen MR) is 81.0 cm³/mol. The molecule has 1 N–H and O–H groups in total. The van der Waals surface area contributed by atoms with Gasteiger partial charge >= 0.3 is 5.69 Å². The van der Waals surface area contributed by atoms with Crippen LogP contribution in [0.1, 0.15) is 0 Å². The van der Waals surface area contributed by atoms with Gasteiger partial charge in [-0.25, -0.2) is 4.98 Å². The van der Waals surface area contributed by atoms with Gasteiger partial charge in [-0.2, -0.15) is 0 Å². The summed E-state index contributed by atoms with van der Waals surface area (Å²) in [4.78, 5) is 18.0. The molecule has 0 aliphatic heterocycles. The summed E-state index contributed by atoms with van der Waals surface area (Å²) in [7, 11) is 0. The highest BCUT2D eigenvalue weighted by Gasteiger charge is 2.17. The number of H-pyrrole nitrogens is 1. The van der Waals surface area contributed by atoms with Crippen molar-refractivity contribution in [3.05, 3.63) is 57.2 Å². The Kier molecular flexibility index (Phi) is 3.45. The van der Waals surface area contributed by atoms with E-state index < -0.39 is 4.92 Å². The Morgan fingerprint density at radius 3 is 2.85 bits per heavy atom. The molecule has 0 aliphatic carbocycles. The van der Waals surface area contributed by atoms with Crippen LogP contribution in [0.5, 0.6) is 0 Å². The molecule has 0 fully saturated rings. The summed E-state index contributed by atoms with van der Waals surface area (Å²) in [6.45, 7) is 0. The third-order valence-electron chi connectivity index (χ3n) is 2.71. The van der Waals surface area contributed by atoms with E-state index in [0.29, 0.717) is 9.50 Å². The van der Waals surface area contributed by atoms with Gasteiger partial charge in [0, 0.05) is 27.6 Å². The highest BCUT2D eigenvalue weighted by Crippen LogP contribution is 2.35. The lowest BCUT2D eigenvalue weighted by Gasteiger charge is -2.00. The maximum absolute atomic E-state index is 11.1. The lowest BCUT2D eigenvalue weighted by atomic mass is 10.3. The van der Waals surface area contributed by atoms with E-state index in [2.05, 4.69) is 25.9 Å². The molecular weight excluding hydrogens is 342 g/mol. The van der Waals surface area contributed by atoms with Crippen LogP contribution in [0.2, 0.25) is 0 Å². The minimum Gasteiger partial charge on any atom is -0.349 e. The summed E-state index contributed by atoms with van der Waals surface area (Å²) in [6.07, 6.45) is 1.55. The van der Waals surface area contributed by atoms with Crippen LogP contribution in [-0.2, 0) is 0 Å². The number of nitro groups is 1. The van der Waals surface area contributed by atoms with Gasteiger partial charge in [0.1, 0.15) is 0 Å². The van der Waals surface area contributed by atoms with Gasteiger partial charge in [-0.3, -0.25) is 10.1 Å². The second-order valence-electron chi connectivity index (χ2n) is 4.06. The number of nitrogens with one attached hydrogen (secondary N) is 1. The Bertz CT molecular complexity index is 770. The number of benzene rings is 1. The summed E-state index contributed by atoms with van der Waals surface area (Å²) in [5.74, 6) is 0. The van der Waals surface area contributed by atoms with Gasteiger partial charge in [-0.15, -0.1) is 0 Å². The molecule has 2 aromatic heterocycles. The number of aromatic nitrogens is 2. The van der Waals surface area contributed by atoms with Crippen molar-refractivity contribution >= 4 is 44.3 Å². The minimum atomic E-state index is -0.428. The fraction of sp³-hybridized carbons (Fsp3) is 0. The maximum Gasteiger partial charge on any atom is 0.302 e. The van der Waals surface area contributed by atoms with Crippen LogP contribution in [0.3, 0.4) is 0 Å². The monoisotopic (exact) mass is 349 g/mol. The Balaban J connectivity index is 2.00. The zero-order valence-electron chi connectivity index (χ0n) is 10.0. The summed E-state index contributed by atoms with van der Waals surface area (Å²) >= 11 is 4.44. The summed E-state index contributed by atoms with van der Waals surface area (Å²) < 4.78 is 0.588. The molecule has 3 aromatic rings. The molecule has 0 spiro atoms. The molecule has 0 radical (unpaired) electrons. The molecule has 7 heteroatoms. The molecule has 0 amide bonds. The largest absolute Gasteiger partial charge is 0.349 e. The first-order chi connectivity index (χ1) is 9.63. The number of para-hydroxylation sites is 1. The predicted octanol–water partition coefficient (Wildman–Crippen LogP) is 4.38. The van der Waals surface area contributed by atoms with Gasteiger partial charge in [0.25, 0.3) is 0 Å². The molecule has 0 bridgehead atoms. The average molecular weight is 350 g/mol. The van der Waals surface area contributed by atoms with Crippen LogP contribution in [0.4, 0.5) is 5.69 Å². The van der Waals surface area contributed by atoms with Gasteiger partial charge < -0.3 is 4.98 Å². The van der Waals surface area contributed by atoms with Crippen LogP contribution in [0.25, 0.3) is 10.9 Å². The molecule has 0 unspecified atom stereocenters. The second-order valence-corrected chi connectivity index (χ2v) is 6.00. The van der Waals surface area contributed by atoms with Crippen molar-refractivity contribution in [2.24, 2.45) is 0 Å². The molecule has 20 heavy (non-hydrogen) atoms. The summed E-state index contributed by atoms with van der Waals surface area (Å²) in [5, 5.41) is 13.3. The smallest absolute Gasteiger partial charge is 0.302 e. The van der Waals surface area contributed by atoms with Gasteiger partial charge in [-0.1, -0.05) is 18.2 Å². The molecule has 0 saturated heterocycles. The van der Waals surface area contributed by atoms with Gasteiger partial charge in [0.2, 0.25) is 0 Å². The van der Waals surface area contributed by atoms with Crippen LogP contribution in [0.15, 0.2) is 57.1 Å². The van der Waals surface area contributed by atoms with Crippen molar-refractivity contribution in [2.75, 3.05) is 0 Å². The molecule has 100 valence electrons. The van der Waals surface area contributed by atoms with E-state index in [0.717, 1.165) is 15.9 Å². The SMILES string of the molecule is O=[N+]([O-])c1cc(Br)cnc1Sc1cc2ccccc2[nH]1. The topological polar surface area (TPSA) is 71.8 Å². The Labute approximate surface area is 126 Å². The summed E-state index contributed by atoms with van der Waals surface area (Å²) in [6, 6.07) is 11.2. The van der Waals surface area contributed by atoms with Crippen molar-refractivity contribution in [3.63, 3.8) is 0 Å². The summed E-state index contributed by atoms with van der Waals surface area (Å²) in [5.41, 5.74) is 0.984. The van der Waals surface area contributed by atoms with Gasteiger partial charge in [-0.05, 0) is 39.8 Å². The van der Waals surface area contributed by atoms with E-state index in [1.54, 1.807) is 6.20 Å². The quantitative estimate of drug-likeness (QED) is 0.562. The van der Waals surface area contributed by atoms with Crippen molar-refractivity contribution in [1.29, 1.82) is 0 Å². The van der Waals surface area contributed by atoms with Crippen LogP contribution >= 0.6 is 27.7 Å². The molecule has 0 aliphatic rings. The zero-order valence-corrected chi connectivity index (χ0v) is 12.4. The first-order valence-corrected chi connectivity index (χ1v) is 7.30. The van der Waals surface area contributed by atoms with E-state index in [1.807, 2.05) is 30.3 Å². The normalized spacial score (nSPS) is 10.8. The first-order valence-electron chi connectivity index (χ1n) is 5.69. The molecule has 2 heterocycles. The lowest BCUT2D eigenvalue weighted by Crippen LogP contribution is -1.93. The number of pyridine rings is 1. The molecule has 0 atom stereocenters. The molecule has 1 aromatic carbocycles. The number of hydrogen-bond donors (Lipinski definition) is 1. The number of halogens is 1. The van der Waals surface area contributed by atoms with Crippen LogP contribution < -0.4 is 0 Å². The maximum atomic E-state index is 11.1. The lowest BCUT2D eigenvalue weighted by molar-refractivity contribution is -0.388. The first kappa shape index (κ1) is 13.1. The van der Waals surface area contributed by atoms with Crippen LogP contribution in [-0.4, -0.2) is 14.9 Å². The van der Waals surface area contributed by atoms with E-state index in [4.69, 9.17) is 0 Å². The Morgan fingerprint density at radius 2 is 2.10 bits per heavy atom. The average Bonchev–Trinajstić information content (AvgIpc) is 2.82. The molecule has 5 nitrogen and oxygen atoms in total. The van der Waals surface area contributed by atoms with E-state index in [1.165, 1.54) is 17.8 Å². The van der Waals surface area contributed by atoms with Gasteiger partial charge in [0.05, 0.1) is 9.95 Å². The fourth-order valence-corrected chi connectivity index (χ4v) is 3.05. The van der Waals surface area contributed by atoms with Gasteiger partial charge in [0.15, 0.2) is 5.03 Å². The van der Waals surface area contributed by atoms with Crippen molar-refractivity contribution in [3.8, 4) is 0 Å². The third-order valence-corrected chi connectivity index (χ3v) is 4.09. The van der Waals surface area contributed by atoms with E-state index >= 15 is 0 Å². The number of fused-ring (bicyclic) bond motifs is 1. The standard InChI is InChI=1S/C13H8BrN3O2S/c14-9-6-11(17(18)19)13(15-7-9)20-12-5-8-3-1-2-4-10(8)16-12/h1-7,16H. The minimum absolute atomic E-state index is 0.0111.